The largest absolute Gasteiger partial charge is 0.490 e. The Bertz CT molecular complexity index is 1250. The molecule has 1 heterocycles. The zero-order valence-corrected chi connectivity index (χ0v) is 21.2. The molecule has 0 aliphatic rings. The maximum absolute atomic E-state index is 12.5. The Labute approximate surface area is 213 Å². The molecule has 0 aliphatic carbocycles. The number of nitriles is 1. The quantitative estimate of drug-likeness (QED) is 0.206. The minimum atomic E-state index is -0.556. The fourth-order valence-electron chi connectivity index (χ4n) is 2.95. The fourth-order valence-corrected chi connectivity index (χ4v) is 3.74. The summed E-state index contributed by atoms with van der Waals surface area (Å²) in [5.74, 6) is 1.18. The van der Waals surface area contributed by atoms with Crippen LogP contribution in [0.1, 0.15) is 30.0 Å². The number of aromatic nitrogens is 2. The van der Waals surface area contributed by atoms with Crippen molar-refractivity contribution in [2.24, 2.45) is 0 Å². The number of hydrogen-bond donors (Lipinski definition) is 1. The van der Waals surface area contributed by atoms with Crippen molar-refractivity contribution in [3.05, 3.63) is 63.1 Å². The van der Waals surface area contributed by atoms with Gasteiger partial charge in [0.2, 0.25) is 5.13 Å². The van der Waals surface area contributed by atoms with Gasteiger partial charge in [-0.15, -0.1) is 10.2 Å². The van der Waals surface area contributed by atoms with E-state index in [1.807, 2.05) is 32.9 Å². The van der Waals surface area contributed by atoms with Crippen molar-refractivity contribution in [2.45, 2.75) is 27.2 Å². The minimum absolute atomic E-state index is 0.0685. The van der Waals surface area contributed by atoms with Crippen molar-refractivity contribution < 1.29 is 19.0 Å². The van der Waals surface area contributed by atoms with Gasteiger partial charge >= 0.3 is 0 Å². The first-order chi connectivity index (χ1) is 16.9. The summed E-state index contributed by atoms with van der Waals surface area (Å²) >= 11 is 7.31. The summed E-state index contributed by atoms with van der Waals surface area (Å²) in [6, 6.07) is 12.6. The number of aryl methyl sites for hydroxylation is 2. The summed E-state index contributed by atoms with van der Waals surface area (Å²) in [6.45, 7) is 6.77. The molecule has 35 heavy (non-hydrogen) atoms. The number of nitrogens with one attached hydrogen (secondary N) is 1. The molecule has 0 atom stereocenters. The van der Waals surface area contributed by atoms with Gasteiger partial charge in [0.25, 0.3) is 5.91 Å². The van der Waals surface area contributed by atoms with Crippen LogP contribution in [0, 0.1) is 18.3 Å². The summed E-state index contributed by atoms with van der Waals surface area (Å²) in [4.78, 5) is 12.5. The van der Waals surface area contributed by atoms with Crippen molar-refractivity contribution in [3.63, 3.8) is 0 Å². The van der Waals surface area contributed by atoms with Crippen LogP contribution in [0.25, 0.3) is 6.08 Å². The zero-order valence-electron chi connectivity index (χ0n) is 19.6. The molecule has 0 aliphatic heterocycles. The number of amides is 1. The van der Waals surface area contributed by atoms with Crippen LogP contribution in [-0.4, -0.2) is 35.9 Å². The van der Waals surface area contributed by atoms with Crippen LogP contribution in [0.4, 0.5) is 5.13 Å². The molecule has 8 nitrogen and oxygen atoms in total. The van der Waals surface area contributed by atoms with Crippen LogP contribution in [0.3, 0.4) is 0 Å². The Morgan fingerprint density at radius 3 is 2.60 bits per heavy atom. The van der Waals surface area contributed by atoms with E-state index >= 15 is 0 Å². The second kappa shape index (κ2) is 12.7. The molecule has 3 aromatic rings. The molecule has 0 radical (unpaired) electrons. The third-order valence-corrected chi connectivity index (χ3v) is 6.08. The maximum atomic E-state index is 12.5. The van der Waals surface area contributed by atoms with Gasteiger partial charge in [-0.25, -0.2) is 0 Å². The number of benzene rings is 2. The van der Waals surface area contributed by atoms with Gasteiger partial charge in [-0.2, -0.15) is 5.26 Å². The number of carbonyl (C=O) groups excluding carboxylic acids is 1. The lowest BCUT2D eigenvalue weighted by molar-refractivity contribution is -0.112. The third kappa shape index (κ3) is 7.44. The summed E-state index contributed by atoms with van der Waals surface area (Å²) in [7, 11) is 0. The molecule has 1 aromatic heterocycles. The number of ether oxygens (including phenoxy) is 3. The average molecular weight is 513 g/mol. The Hall–Kier alpha value is -3.61. The van der Waals surface area contributed by atoms with Gasteiger partial charge in [0.1, 0.15) is 35.6 Å². The molecule has 0 spiro atoms. The number of anilines is 1. The van der Waals surface area contributed by atoms with Crippen molar-refractivity contribution in [1.82, 2.24) is 10.2 Å². The predicted octanol–water partition coefficient (Wildman–Crippen LogP) is 5.46. The number of nitrogens with zero attached hydrogens (tertiary/aromatic N) is 3. The SMILES string of the molecule is CCOc1cc(C=C(C#N)C(=O)Nc2nnc(CC)s2)ccc1OCCOc1ccc(Cl)c(C)c1. The summed E-state index contributed by atoms with van der Waals surface area (Å²) < 4.78 is 17.2. The lowest BCUT2D eigenvalue weighted by Gasteiger charge is -2.13. The second-order valence-corrected chi connectivity index (χ2v) is 8.69. The van der Waals surface area contributed by atoms with Crippen molar-refractivity contribution in [3.8, 4) is 23.3 Å². The molecule has 10 heteroatoms. The molecular weight excluding hydrogens is 488 g/mol. The van der Waals surface area contributed by atoms with Crippen LogP contribution < -0.4 is 19.5 Å². The minimum Gasteiger partial charge on any atom is -0.490 e. The second-order valence-electron chi connectivity index (χ2n) is 7.23. The average Bonchev–Trinajstić information content (AvgIpc) is 3.31. The van der Waals surface area contributed by atoms with E-state index in [0.29, 0.717) is 52.8 Å². The van der Waals surface area contributed by atoms with Crippen molar-refractivity contribution in [2.75, 3.05) is 25.1 Å². The predicted molar refractivity (Wildman–Crippen MR) is 136 cm³/mol. The van der Waals surface area contributed by atoms with Crippen LogP contribution >= 0.6 is 22.9 Å². The van der Waals surface area contributed by atoms with E-state index in [1.165, 1.54) is 17.4 Å². The first kappa shape index (κ1) is 26.0. The molecule has 0 fully saturated rings. The highest BCUT2D eigenvalue weighted by atomic mass is 35.5. The van der Waals surface area contributed by atoms with Crippen LogP contribution in [0.2, 0.25) is 5.02 Å². The Morgan fingerprint density at radius 1 is 1.11 bits per heavy atom. The zero-order chi connectivity index (χ0) is 25.2. The highest BCUT2D eigenvalue weighted by molar-refractivity contribution is 7.15. The summed E-state index contributed by atoms with van der Waals surface area (Å²) in [5.41, 5.74) is 1.49. The monoisotopic (exact) mass is 512 g/mol. The Kier molecular flexibility index (Phi) is 9.47. The van der Waals surface area contributed by atoms with E-state index < -0.39 is 5.91 Å². The van der Waals surface area contributed by atoms with Gasteiger partial charge in [-0.05, 0) is 67.8 Å². The third-order valence-electron chi connectivity index (χ3n) is 4.67. The lowest BCUT2D eigenvalue weighted by Crippen LogP contribution is -2.13. The molecule has 1 amide bonds. The molecular formula is C25H25ClN4O4S. The molecule has 2 aromatic carbocycles. The van der Waals surface area contributed by atoms with Crippen LogP contribution in [0.15, 0.2) is 42.0 Å². The standard InChI is InChI=1S/C25H25ClN4O4S/c1-4-23-29-30-25(35-23)28-24(31)18(15-27)13-17-6-9-21(22(14-17)32-5-2)34-11-10-33-19-7-8-20(26)16(3)12-19/h6-9,12-14H,4-5,10-11H2,1-3H3,(H,28,30,31). The van der Waals surface area contributed by atoms with E-state index in [-0.39, 0.29) is 5.57 Å². The molecule has 0 saturated carbocycles. The van der Waals surface area contributed by atoms with E-state index in [4.69, 9.17) is 25.8 Å². The normalized spacial score (nSPS) is 11.0. The van der Waals surface area contributed by atoms with E-state index in [0.717, 1.165) is 17.0 Å². The van der Waals surface area contributed by atoms with Gasteiger partial charge in [0, 0.05) is 5.02 Å². The fraction of sp³-hybridized carbons (Fsp3) is 0.280. The molecule has 1 N–H and O–H groups in total. The maximum Gasteiger partial charge on any atom is 0.268 e. The van der Waals surface area contributed by atoms with E-state index in [2.05, 4.69) is 15.5 Å². The molecule has 3 rings (SSSR count). The Balaban J connectivity index is 1.65. The number of hydrogen-bond acceptors (Lipinski definition) is 8. The molecule has 0 bridgehead atoms. The smallest absolute Gasteiger partial charge is 0.268 e. The highest BCUT2D eigenvalue weighted by Gasteiger charge is 2.14. The van der Waals surface area contributed by atoms with E-state index in [1.54, 1.807) is 30.3 Å². The number of rotatable bonds is 11. The summed E-state index contributed by atoms with van der Waals surface area (Å²) in [5, 5.41) is 21.8. The van der Waals surface area contributed by atoms with Crippen molar-refractivity contribution >= 4 is 40.1 Å². The first-order valence-corrected chi connectivity index (χ1v) is 12.2. The van der Waals surface area contributed by atoms with E-state index in [9.17, 15) is 10.1 Å². The first-order valence-electron chi connectivity index (χ1n) is 11.0. The number of halogens is 1. The molecule has 0 saturated heterocycles. The van der Waals surface area contributed by atoms with Gasteiger partial charge in [-0.3, -0.25) is 10.1 Å². The molecule has 182 valence electrons. The van der Waals surface area contributed by atoms with Crippen molar-refractivity contribution in [1.29, 1.82) is 5.26 Å². The van der Waals surface area contributed by atoms with Crippen LogP contribution in [-0.2, 0) is 11.2 Å². The molecule has 0 unspecified atom stereocenters. The highest BCUT2D eigenvalue weighted by Crippen LogP contribution is 2.30. The topological polar surface area (TPSA) is 106 Å². The summed E-state index contributed by atoms with van der Waals surface area (Å²) in [6.07, 6.45) is 2.20. The Morgan fingerprint density at radius 2 is 1.91 bits per heavy atom. The van der Waals surface area contributed by atoms with Gasteiger partial charge in [0.15, 0.2) is 11.5 Å². The van der Waals surface area contributed by atoms with Crippen LogP contribution in [0.5, 0.6) is 17.2 Å². The lowest BCUT2D eigenvalue weighted by atomic mass is 10.1. The van der Waals surface area contributed by atoms with Gasteiger partial charge in [-0.1, -0.05) is 35.9 Å². The number of carbonyl (C=O) groups is 1. The van der Waals surface area contributed by atoms with Gasteiger partial charge in [0.05, 0.1) is 6.61 Å². The van der Waals surface area contributed by atoms with Gasteiger partial charge < -0.3 is 14.2 Å².